The second kappa shape index (κ2) is 9.32. The Bertz CT molecular complexity index is 926. The van der Waals surface area contributed by atoms with Crippen molar-refractivity contribution in [3.8, 4) is 11.5 Å². The summed E-state index contributed by atoms with van der Waals surface area (Å²) < 4.78 is 11.7. The van der Waals surface area contributed by atoms with Crippen LogP contribution in [0.3, 0.4) is 0 Å². The Labute approximate surface area is 164 Å². The maximum absolute atomic E-state index is 8.74. The molecule has 3 aromatic rings. The molecule has 6 nitrogen and oxygen atoms in total. The lowest BCUT2D eigenvalue weighted by Gasteiger charge is -2.14. The lowest BCUT2D eigenvalue weighted by atomic mass is 10.2. The molecule has 0 unspecified atom stereocenters. The molecule has 3 rings (SSSR count). The van der Waals surface area contributed by atoms with Gasteiger partial charge in [0.25, 0.3) is 0 Å². The van der Waals surface area contributed by atoms with Crippen molar-refractivity contribution in [3.63, 3.8) is 0 Å². The van der Waals surface area contributed by atoms with E-state index < -0.39 is 0 Å². The molecule has 0 aliphatic rings. The summed E-state index contributed by atoms with van der Waals surface area (Å²) in [7, 11) is 0. The molecule has 0 aromatic heterocycles. The molecule has 0 bridgehead atoms. The van der Waals surface area contributed by atoms with Crippen molar-refractivity contribution >= 4 is 17.2 Å². The fraction of sp³-hybridized carbons (Fsp3) is 0.136. The molecule has 3 aromatic carbocycles. The number of amidine groups is 1. The van der Waals surface area contributed by atoms with Crippen molar-refractivity contribution in [3.05, 3.63) is 83.9 Å². The maximum Gasteiger partial charge on any atom is 0.170 e. The molecule has 0 atom stereocenters. The van der Waals surface area contributed by atoms with Gasteiger partial charge in [-0.25, -0.2) is 0 Å². The average Bonchev–Trinajstić information content (AvgIpc) is 2.74. The number of nitrogens with two attached hydrogens (primary N) is 1. The van der Waals surface area contributed by atoms with Crippen LogP contribution in [0.5, 0.6) is 11.5 Å². The van der Waals surface area contributed by atoms with Crippen LogP contribution in [0.4, 0.5) is 11.4 Å². The van der Waals surface area contributed by atoms with Gasteiger partial charge in [0.2, 0.25) is 0 Å². The van der Waals surface area contributed by atoms with Crippen molar-refractivity contribution in [2.45, 2.75) is 13.5 Å². The van der Waals surface area contributed by atoms with E-state index >= 15 is 0 Å². The molecule has 0 spiro atoms. The molecule has 144 valence electrons. The summed E-state index contributed by atoms with van der Waals surface area (Å²) in [5.41, 5.74) is 9.07. The third kappa shape index (κ3) is 4.94. The predicted molar refractivity (Wildman–Crippen MR) is 111 cm³/mol. The number of anilines is 2. The standard InChI is InChI=1S/C22H23N3O3/c1-2-27-21-14-19(24-18-10-8-17(9-11-18)22(23)25-26)12-13-20(21)28-15-16-6-4-3-5-7-16/h3-14,24,26H,2,15H2,1H3,(H2,23,25). The van der Waals surface area contributed by atoms with Gasteiger partial charge in [0, 0.05) is 23.0 Å². The Kier molecular flexibility index (Phi) is 6.36. The topological polar surface area (TPSA) is 89.1 Å². The number of ether oxygens (including phenoxy) is 2. The summed E-state index contributed by atoms with van der Waals surface area (Å²) in [4.78, 5) is 0. The van der Waals surface area contributed by atoms with E-state index in [1.165, 1.54) is 0 Å². The Morgan fingerprint density at radius 2 is 1.64 bits per heavy atom. The number of hydrogen-bond donors (Lipinski definition) is 3. The minimum atomic E-state index is 0.0742. The largest absolute Gasteiger partial charge is 0.490 e. The Hall–Kier alpha value is -3.67. The van der Waals surface area contributed by atoms with Gasteiger partial charge in [-0.3, -0.25) is 0 Å². The molecule has 4 N–H and O–H groups in total. The third-order valence-corrected chi connectivity index (χ3v) is 4.06. The van der Waals surface area contributed by atoms with Crippen LogP contribution in [0, 0.1) is 0 Å². The first kappa shape index (κ1) is 19.1. The lowest BCUT2D eigenvalue weighted by Crippen LogP contribution is -2.12. The highest BCUT2D eigenvalue weighted by atomic mass is 16.5. The van der Waals surface area contributed by atoms with Gasteiger partial charge in [-0.2, -0.15) is 0 Å². The molecule has 0 heterocycles. The molecule has 0 aliphatic carbocycles. The van der Waals surface area contributed by atoms with Crippen molar-refractivity contribution in [1.82, 2.24) is 0 Å². The van der Waals surface area contributed by atoms with E-state index in [9.17, 15) is 0 Å². The molecular weight excluding hydrogens is 354 g/mol. The second-order valence-electron chi connectivity index (χ2n) is 6.06. The van der Waals surface area contributed by atoms with Crippen molar-refractivity contribution < 1.29 is 14.7 Å². The van der Waals surface area contributed by atoms with Crippen molar-refractivity contribution in [2.75, 3.05) is 11.9 Å². The van der Waals surface area contributed by atoms with Crippen LogP contribution in [0.1, 0.15) is 18.1 Å². The molecule has 0 aliphatic heterocycles. The number of hydrogen-bond acceptors (Lipinski definition) is 5. The highest BCUT2D eigenvalue weighted by Crippen LogP contribution is 2.32. The predicted octanol–water partition coefficient (Wildman–Crippen LogP) is 4.50. The van der Waals surface area contributed by atoms with E-state index in [0.717, 1.165) is 16.9 Å². The highest BCUT2D eigenvalue weighted by molar-refractivity contribution is 5.97. The summed E-state index contributed by atoms with van der Waals surface area (Å²) in [5.74, 6) is 1.44. The molecular formula is C22H23N3O3. The van der Waals surface area contributed by atoms with Crippen molar-refractivity contribution in [2.24, 2.45) is 10.9 Å². The van der Waals surface area contributed by atoms with E-state index in [-0.39, 0.29) is 5.84 Å². The first-order valence-corrected chi connectivity index (χ1v) is 8.98. The van der Waals surface area contributed by atoms with Crippen LogP contribution in [0.15, 0.2) is 78.0 Å². The van der Waals surface area contributed by atoms with Crippen molar-refractivity contribution in [1.29, 1.82) is 0 Å². The van der Waals surface area contributed by atoms with Crippen LogP contribution in [-0.4, -0.2) is 17.6 Å². The SMILES string of the molecule is CCOc1cc(Nc2ccc(C(N)=NO)cc2)ccc1OCc1ccccc1. The fourth-order valence-corrected chi connectivity index (χ4v) is 2.66. The van der Waals surface area contributed by atoms with Gasteiger partial charge in [-0.15, -0.1) is 0 Å². The Morgan fingerprint density at radius 3 is 2.32 bits per heavy atom. The van der Waals surface area contributed by atoms with Crippen LogP contribution >= 0.6 is 0 Å². The van der Waals surface area contributed by atoms with E-state index in [4.69, 9.17) is 20.4 Å². The minimum Gasteiger partial charge on any atom is -0.490 e. The van der Waals surface area contributed by atoms with Gasteiger partial charge < -0.3 is 25.7 Å². The molecule has 0 radical (unpaired) electrons. The normalized spacial score (nSPS) is 11.1. The number of rotatable bonds is 8. The molecule has 0 saturated carbocycles. The summed E-state index contributed by atoms with van der Waals surface area (Å²) in [6.45, 7) is 2.95. The van der Waals surface area contributed by atoms with Crippen LogP contribution in [0.25, 0.3) is 0 Å². The zero-order valence-electron chi connectivity index (χ0n) is 15.6. The molecule has 0 fully saturated rings. The van der Waals surface area contributed by atoms with Gasteiger partial charge in [0.1, 0.15) is 6.61 Å². The number of nitrogens with one attached hydrogen (secondary N) is 1. The Balaban J connectivity index is 1.72. The average molecular weight is 377 g/mol. The smallest absolute Gasteiger partial charge is 0.170 e. The minimum absolute atomic E-state index is 0.0742. The lowest BCUT2D eigenvalue weighted by molar-refractivity contribution is 0.269. The van der Waals surface area contributed by atoms with Gasteiger partial charge in [-0.05, 0) is 48.9 Å². The molecule has 0 saturated heterocycles. The molecule has 6 heteroatoms. The van der Waals surface area contributed by atoms with E-state index in [0.29, 0.717) is 30.3 Å². The number of benzene rings is 3. The quantitative estimate of drug-likeness (QED) is 0.233. The summed E-state index contributed by atoms with van der Waals surface area (Å²) in [6, 6.07) is 23.0. The third-order valence-electron chi connectivity index (χ3n) is 4.06. The van der Waals surface area contributed by atoms with Gasteiger partial charge in [-0.1, -0.05) is 35.5 Å². The van der Waals surface area contributed by atoms with E-state index in [1.54, 1.807) is 12.1 Å². The van der Waals surface area contributed by atoms with Crippen LogP contribution < -0.4 is 20.5 Å². The summed E-state index contributed by atoms with van der Waals surface area (Å²) in [5, 5.41) is 15.0. The summed E-state index contributed by atoms with van der Waals surface area (Å²) in [6.07, 6.45) is 0. The highest BCUT2D eigenvalue weighted by Gasteiger charge is 2.08. The first-order chi connectivity index (χ1) is 13.7. The Morgan fingerprint density at radius 1 is 0.929 bits per heavy atom. The van der Waals surface area contributed by atoms with E-state index in [2.05, 4.69) is 10.5 Å². The fourth-order valence-electron chi connectivity index (χ4n) is 2.66. The zero-order valence-corrected chi connectivity index (χ0v) is 15.6. The van der Waals surface area contributed by atoms with Gasteiger partial charge in [0.15, 0.2) is 17.3 Å². The van der Waals surface area contributed by atoms with Gasteiger partial charge in [0.05, 0.1) is 6.61 Å². The van der Waals surface area contributed by atoms with E-state index in [1.807, 2.05) is 67.6 Å². The van der Waals surface area contributed by atoms with Gasteiger partial charge >= 0.3 is 0 Å². The zero-order chi connectivity index (χ0) is 19.8. The number of nitrogens with zero attached hydrogens (tertiary/aromatic N) is 1. The first-order valence-electron chi connectivity index (χ1n) is 8.98. The summed E-state index contributed by atoms with van der Waals surface area (Å²) >= 11 is 0. The monoisotopic (exact) mass is 377 g/mol. The van der Waals surface area contributed by atoms with Crippen LogP contribution in [0.2, 0.25) is 0 Å². The van der Waals surface area contributed by atoms with Crippen LogP contribution in [-0.2, 0) is 6.61 Å². The second-order valence-corrected chi connectivity index (χ2v) is 6.06. The number of oxime groups is 1. The maximum atomic E-state index is 8.74. The molecule has 28 heavy (non-hydrogen) atoms. The molecule has 0 amide bonds.